The Morgan fingerprint density at radius 3 is 2.95 bits per heavy atom. The zero-order valence-corrected chi connectivity index (χ0v) is 22.8. The van der Waals surface area contributed by atoms with E-state index in [1.54, 1.807) is 18.4 Å². The van der Waals surface area contributed by atoms with E-state index in [1.165, 1.54) is 18.5 Å². The first-order valence-electron chi connectivity index (χ1n) is 12.3. The van der Waals surface area contributed by atoms with Gasteiger partial charge in [-0.15, -0.1) is 0 Å². The van der Waals surface area contributed by atoms with Gasteiger partial charge in [-0.25, -0.2) is 18.7 Å². The monoisotopic (exact) mass is 599 g/mol. The summed E-state index contributed by atoms with van der Waals surface area (Å²) in [6, 6.07) is 3.82. The maximum Gasteiger partial charge on any atom is 0.509 e. The van der Waals surface area contributed by atoms with Crippen LogP contribution in [0.2, 0.25) is 5.02 Å². The van der Waals surface area contributed by atoms with Crippen molar-refractivity contribution in [3.05, 3.63) is 40.9 Å². The molecule has 6 rings (SSSR count). The lowest BCUT2D eigenvalue weighted by Gasteiger charge is -2.30. The standard InChI is InChI=1S/C23H24ClFN5O9P/c1-3-33-19-16-18(28-21(26)29-19)27-10-30(16)20-23(2)17(37-22(31)38-23)15(36-20)9-35-40(32)34-7-6-14(39-40)12-5-4-11(25)8-13(12)24/h4-5,8,10,14-15,17,20H,3,6-7,9H2,1-2H3,(H2,26,28,29)/t14-,15+,17+,20+,23+,40+/m0/s1. The number of rotatable bonds is 7. The van der Waals surface area contributed by atoms with E-state index in [9.17, 15) is 13.8 Å². The number of phosphoric acid groups is 1. The van der Waals surface area contributed by atoms with Crippen LogP contribution in [0.5, 0.6) is 5.88 Å². The Bertz CT molecular complexity index is 1530. The van der Waals surface area contributed by atoms with Crippen LogP contribution >= 0.6 is 19.4 Å². The Morgan fingerprint density at radius 2 is 2.17 bits per heavy atom. The third kappa shape index (κ3) is 4.66. The van der Waals surface area contributed by atoms with Crippen LogP contribution in [0.3, 0.4) is 0 Å². The zero-order chi connectivity index (χ0) is 28.2. The summed E-state index contributed by atoms with van der Waals surface area (Å²) >= 11 is 6.17. The van der Waals surface area contributed by atoms with Crippen LogP contribution in [-0.4, -0.2) is 63.3 Å². The molecule has 2 aromatic heterocycles. The SMILES string of the molecule is CCOc1nc(N)nc2ncn([C@@H]3O[C@H](CO[P@@]4(=O)OCC[C@@H](c5ccc(F)cc5Cl)O4)[C@H]4OC(=O)O[C@]43C)c12. The summed E-state index contributed by atoms with van der Waals surface area (Å²) in [4.78, 5) is 24.8. The van der Waals surface area contributed by atoms with Gasteiger partial charge in [-0.05, 0) is 26.0 Å². The van der Waals surface area contributed by atoms with Crippen LogP contribution in [0.4, 0.5) is 15.1 Å². The van der Waals surface area contributed by atoms with Gasteiger partial charge in [-0.1, -0.05) is 17.7 Å². The zero-order valence-electron chi connectivity index (χ0n) is 21.2. The van der Waals surface area contributed by atoms with Crippen LogP contribution in [0.25, 0.3) is 11.2 Å². The quantitative estimate of drug-likeness (QED) is 0.305. The maximum absolute atomic E-state index is 13.5. The molecule has 40 heavy (non-hydrogen) atoms. The summed E-state index contributed by atoms with van der Waals surface area (Å²) in [6.45, 7) is 3.37. The van der Waals surface area contributed by atoms with Crippen molar-refractivity contribution in [3.8, 4) is 5.88 Å². The first kappa shape index (κ1) is 27.1. The molecule has 14 nitrogen and oxygen atoms in total. The number of benzene rings is 1. The minimum absolute atomic E-state index is 0.0306. The van der Waals surface area contributed by atoms with E-state index in [-0.39, 0.29) is 42.3 Å². The number of nitrogens with two attached hydrogens (primary N) is 1. The molecule has 2 N–H and O–H groups in total. The first-order valence-corrected chi connectivity index (χ1v) is 14.1. The lowest BCUT2D eigenvalue weighted by atomic mass is 9.96. The average Bonchev–Trinajstić information content (AvgIpc) is 3.52. The van der Waals surface area contributed by atoms with Crippen molar-refractivity contribution in [3.63, 3.8) is 0 Å². The van der Waals surface area contributed by atoms with Crippen molar-refractivity contribution in [1.82, 2.24) is 19.5 Å². The van der Waals surface area contributed by atoms with Crippen molar-refractivity contribution in [2.24, 2.45) is 0 Å². The van der Waals surface area contributed by atoms with Crippen LogP contribution in [-0.2, 0) is 32.3 Å². The van der Waals surface area contributed by atoms with Gasteiger partial charge in [0.2, 0.25) is 11.8 Å². The molecule has 1 aromatic carbocycles. The van der Waals surface area contributed by atoms with Gasteiger partial charge in [0, 0.05) is 17.0 Å². The summed E-state index contributed by atoms with van der Waals surface area (Å²) in [5.74, 6) is -0.384. The summed E-state index contributed by atoms with van der Waals surface area (Å²) in [7, 11) is -4.12. The van der Waals surface area contributed by atoms with E-state index < -0.39 is 49.9 Å². The number of carbonyl (C=O) groups is 1. The van der Waals surface area contributed by atoms with Gasteiger partial charge in [0.05, 0.1) is 25.9 Å². The number of imidazole rings is 1. The Balaban J connectivity index is 1.25. The molecule has 0 saturated carbocycles. The first-order chi connectivity index (χ1) is 19.1. The molecule has 5 heterocycles. The second-order valence-corrected chi connectivity index (χ2v) is 11.4. The van der Waals surface area contributed by atoms with E-state index >= 15 is 0 Å². The second kappa shape index (κ2) is 10.1. The van der Waals surface area contributed by atoms with Crippen LogP contribution < -0.4 is 10.5 Å². The van der Waals surface area contributed by atoms with Crippen molar-refractivity contribution in [2.75, 3.05) is 25.6 Å². The van der Waals surface area contributed by atoms with Crippen LogP contribution in [0.1, 0.15) is 38.2 Å². The number of fused-ring (bicyclic) bond motifs is 2. The molecule has 0 unspecified atom stereocenters. The molecule has 6 atom stereocenters. The Labute approximate surface area is 231 Å². The normalized spacial score (nSPS) is 31.6. The smallest absolute Gasteiger partial charge is 0.476 e. The lowest BCUT2D eigenvalue weighted by Crippen LogP contribution is -2.42. The molecule has 3 fully saturated rings. The number of anilines is 1. The van der Waals surface area contributed by atoms with E-state index in [1.807, 2.05) is 0 Å². The summed E-state index contributed by atoms with van der Waals surface area (Å²) < 4.78 is 67.9. The molecule has 3 aromatic rings. The van der Waals surface area contributed by atoms with E-state index in [0.29, 0.717) is 17.5 Å². The van der Waals surface area contributed by atoms with Gasteiger partial charge in [0.1, 0.15) is 18.2 Å². The van der Waals surface area contributed by atoms with Gasteiger partial charge in [0.15, 0.2) is 29.1 Å². The molecule has 0 amide bonds. The number of hydrogen-bond acceptors (Lipinski definition) is 13. The number of carbonyl (C=O) groups excluding carboxylic acids is 1. The van der Waals surface area contributed by atoms with E-state index in [2.05, 4.69) is 15.0 Å². The third-order valence-electron chi connectivity index (χ3n) is 6.76. The Hall–Kier alpha value is -3.07. The van der Waals surface area contributed by atoms with Crippen molar-refractivity contribution in [2.45, 2.75) is 50.4 Å². The van der Waals surface area contributed by atoms with Gasteiger partial charge in [0.25, 0.3) is 0 Å². The topological polar surface area (TPSA) is 168 Å². The fraction of sp³-hybridized carbons (Fsp3) is 0.478. The van der Waals surface area contributed by atoms with Crippen LogP contribution in [0.15, 0.2) is 24.5 Å². The summed E-state index contributed by atoms with van der Waals surface area (Å²) in [5, 5.41) is 0.121. The van der Waals surface area contributed by atoms with Crippen molar-refractivity contribution < 1.29 is 46.3 Å². The molecular formula is C23H24ClFN5O9P. The molecule has 0 bridgehead atoms. The highest BCUT2D eigenvalue weighted by Crippen LogP contribution is 2.58. The molecule has 3 aliphatic heterocycles. The predicted molar refractivity (Wildman–Crippen MR) is 134 cm³/mol. The number of phosphoric ester groups is 1. The van der Waals surface area contributed by atoms with E-state index in [0.717, 1.165) is 6.07 Å². The minimum Gasteiger partial charge on any atom is -0.476 e. The molecule has 0 radical (unpaired) electrons. The molecule has 214 valence electrons. The number of ether oxygens (including phenoxy) is 4. The number of halogens is 2. The van der Waals surface area contributed by atoms with Gasteiger partial charge in [-0.3, -0.25) is 18.1 Å². The fourth-order valence-electron chi connectivity index (χ4n) is 5.02. The third-order valence-corrected chi connectivity index (χ3v) is 8.57. The van der Waals surface area contributed by atoms with Crippen molar-refractivity contribution >= 4 is 42.7 Å². The molecule has 0 spiro atoms. The molecular weight excluding hydrogens is 576 g/mol. The Morgan fingerprint density at radius 1 is 1.35 bits per heavy atom. The lowest BCUT2D eigenvalue weighted by molar-refractivity contribution is -0.0924. The van der Waals surface area contributed by atoms with Gasteiger partial charge < -0.3 is 24.7 Å². The number of nitrogen functional groups attached to an aromatic ring is 1. The highest BCUT2D eigenvalue weighted by Gasteiger charge is 2.64. The predicted octanol–water partition coefficient (Wildman–Crippen LogP) is 4.09. The highest BCUT2D eigenvalue weighted by molar-refractivity contribution is 7.48. The number of aromatic nitrogens is 4. The summed E-state index contributed by atoms with van der Waals surface area (Å²) in [5.41, 5.74) is 5.48. The van der Waals surface area contributed by atoms with Crippen LogP contribution in [0, 0.1) is 5.82 Å². The van der Waals surface area contributed by atoms with Crippen molar-refractivity contribution in [1.29, 1.82) is 0 Å². The molecule has 0 aliphatic carbocycles. The molecule has 3 aliphatic rings. The second-order valence-electron chi connectivity index (χ2n) is 9.37. The largest absolute Gasteiger partial charge is 0.509 e. The fourth-order valence-corrected chi connectivity index (χ4v) is 6.70. The number of hydrogen-bond donors (Lipinski definition) is 1. The van der Waals surface area contributed by atoms with Gasteiger partial charge in [-0.2, -0.15) is 9.97 Å². The van der Waals surface area contributed by atoms with E-state index in [4.69, 9.17) is 49.9 Å². The minimum atomic E-state index is -4.12. The maximum atomic E-state index is 13.5. The average molecular weight is 600 g/mol. The molecule has 3 saturated heterocycles. The highest BCUT2D eigenvalue weighted by atomic mass is 35.5. The molecule has 17 heteroatoms. The number of nitrogens with zero attached hydrogens (tertiary/aromatic N) is 4. The summed E-state index contributed by atoms with van der Waals surface area (Å²) in [6.07, 6.45) is -2.85. The Kier molecular flexibility index (Phi) is 6.84. The van der Waals surface area contributed by atoms with Gasteiger partial charge >= 0.3 is 14.0 Å².